The first kappa shape index (κ1) is 21.0. The molecule has 0 aliphatic heterocycles. The van der Waals surface area contributed by atoms with E-state index in [1.54, 1.807) is 0 Å². The van der Waals surface area contributed by atoms with Crippen molar-refractivity contribution >= 4 is 39.2 Å². The van der Waals surface area contributed by atoms with Crippen LogP contribution in [0.15, 0.2) is 46.3 Å². The molecule has 0 spiro atoms. The monoisotopic (exact) mass is 438 g/mol. The molecule has 0 radical (unpaired) electrons. The van der Waals surface area contributed by atoms with Gasteiger partial charge in [-0.3, -0.25) is 14.6 Å². The normalized spacial score (nSPS) is 14.8. The van der Waals surface area contributed by atoms with Gasteiger partial charge in [-0.15, -0.1) is 0 Å². The molecular formula is C23H22N2O5S. The maximum atomic E-state index is 13.4. The molecular weight excluding hydrogens is 416 g/mol. The van der Waals surface area contributed by atoms with Gasteiger partial charge >= 0.3 is 5.97 Å². The minimum Gasteiger partial charge on any atom is -0.481 e. The zero-order valence-corrected chi connectivity index (χ0v) is 18.0. The predicted octanol–water partition coefficient (Wildman–Crippen LogP) is 3.49. The molecule has 0 fully saturated rings. The van der Waals surface area contributed by atoms with Gasteiger partial charge in [0.2, 0.25) is 0 Å². The Morgan fingerprint density at radius 2 is 1.94 bits per heavy atom. The summed E-state index contributed by atoms with van der Waals surface area (Å²) in [5.74, 6) is -1.83. The van der Waals surface area contributed by atoms with Crippen molar-refractivity contribution in [2.24, 2.45) is 4.99 Å². The van der Waals surface area contributed by atoms with Crippen LogP contribution in [0.3, 0.4) is 0 Å². The number of aliphatic imine (C=N–C) groups is 1. The minimum absolute atomic E-state index is 0.0206. The number of sulfone groups is 1. The van der Waals surface area contributed by atoms with Crippen molar-refractivity contribution in [1.29, 1.82) is 0 Å². The molecule has 31 heavy (non-hydrogen) atoms. The summed E-state index contributed by atoms with van der Waals surface area (Å²) in [5.41, 5.74) is 3.49. The first-order chi connectivity index (χ1) is 14.6. The Hall–Kier alpha value is -3.26. The third-order valence-corrected chi connectivity index (χ3v) is 7.58. The summed E-state index contributed by atoms with van der Waals surface area (Å²) in [6.07, 6.45) is -0.476. The number of benzene rings is 2. The van der Waals surface area contributed by atoms with Crippen molar-refractivity contribution in [1.82, 2.24) is 4.98 Å². The van der Waals surface area contributed by atoms with E-state index in [0.29, 0.717) is 23.2 Å². The van der Waals surface area contributed by atoms with E-state index in [1.165, 1.54) is 18.2 Å². The Morgan fingerprint density at radius 1 is 1.19 bits per heavy atom. The molecule has 2 aromatic carbocycles. The number of carbonyl (C=O) groups excluding carboxylic acids is 1. The van der Waals surface area contributed by atoms with Gasteiger partial charge in [0.1, 0.15) is 0 Å². The lowest BCUT2D eigenvalue weighted by Gasteiger charge is -2.32. The van der Waals surface area contributed by atoms with Gasteiger partial charge in [0.25, 0.3) is 0 Å². The summed E-state index contributed by atoms with van der Waals surface area (Å²) in [6, 6.07) is 10.2. The lowest BCUT2D eigenvalue weighted by atomic mass is 9.71. The number of nitrogens with one attached hydrogen (secondary N) is 1. The molecule has 0 atom stereocenters. The van der Waals surface area contributed by atoms with Crippen molar-refractivity contribution in [2.75, 3.05) is 5.75 Å². The number of carboxylic acid groups (broad SMARTS) is 1. The van der Waals surface area contributed by atoms with Crippen LogP contribution in [0.2, 0.25) is 0 Å². The molecule has 0 saturated heterocycles. The topological polar surface area (TPSA) is 117 Å². The van der Waals surface area contributed by atoms with Gasteiger partial charge in [0, 0.05) is 27.6 Å². The van der Waals surface area contributed by atoms with Crippen LogP contribution in [0.1, 0.15) is 53.0 Å². The van der Waals surface area contributed by atoms with E-state index >= 15 is 0 Å². The molecule has 1 aliphatic rings. The van der Waals surface area contributed by atoms with Gasteiger partial charge in [0.05, 0.1) is 29.2 Å². The number of carboxylic acids is 1. The summed E-state index contributed by atoms with van der Waals surface area (Å²) in [5, 5.41) is 9.65. The number of rotatable bonds is 6. The molecule has 1 heterocycles. The Labute approximate surface area is 179 Å². The zero-order chi connectivity index (χ0) is 22.6. The van der Waals surface area contributed by atoms with Gasteiger partial charge in [-0.2, -0.15) is 0 Å². The van der Waals surface area contributed by atoms with Gasteiger partial charge in [0.15, 0.2) is 15.6 Å². The molecule has 3 aromatic rings. The van der Waals surface area contributed by atoms with Crippen LogP contribution < -0.4 is 0 Å². The highest BCUT2D eigenvalue weighted by atomic mass is 32.2. The van der Waals surface area contributed by atoms with Crippen molar-refractivity contribution in [3.05, 3.63) is 64.3 Å². The largest absolute Gasteiger partial charge is 0.481 e. The standard InChI is InChI=1S/C23H22N2O5S/c1-23(2)17-11-14(31(29,30)9-8-19(26)27)5-7-15(17)21(28)20-16-6-4-13(12-24-3)10-18(16)25-22(20)23/h4-7,10-11,25H,3,8-9,12H2,1-2H3,(H,26,27). The van der Waals surface area contributed by atoms with Crippen molar-refractivity contribution < 1.29 is 23.1 Å². The van der Waals surface area contributed by atoms with E-state index < -0.39 is 33.4 Å². The highest BCUT2D eigenvalue weighted by Gasteiger charge is 2.40. The Balaban J connectivity index is 1.86. The number of ketones is 1. The van der Waals surface area contributed by atoms with Crippen LogP contribution in [0.25, 0.3) is 10.9 Å². The predicted molar refractivity (Wildman–Crippen MR) is 118 cm³/mol. The van der Waals surface area contributed by atoms with E-state index in [9.17, 15) is 18.0 Å². The van der Waals surface area contributed by atoms with Crippen molar-refractivity contribution in [2.45, 2.75) is 37.1 Å². The maximum absolute atomic E-state index is 13.4. The SMILES string of the molecule is C=NCc1ccc2c3c([nH]c2c1)C(C)(C)c1cc(S(=O)(=O)CCC(=O)O)ccc1C3=O. The summed E-state index contributed by atoms with van der Waals surface area (Å²) < 4.78 is 25.3. The van der Waals surface area contributed by atoms with E-state index in [1.807, 2.05) is 32.0 Å². The fourth-order valence-corrected chi connectivity index (χ4v) is 5.47. The summed E-state index contributed by atoms with van der Waals surface area (Å²) in [6.45, 7) is 7.86. The number of aromatic nitrogens is 1. The number of nitrogens with zero attached hydrogens (tertiary/aromatic N) is 1. The Bertz CT molecular complexity index is 1370. The minimum atomic E-state index is -3.79. The second-order valence-electron chi connectivity index (χ2n) is 8.26. The summed E-state index contributed by atoms with van der Waals surface area (Å²) in [4.78, 5) is 31.5. The van der Waals surface area contributed by atoms with Gasteiger partial charge < -0.3 is 10.1 Å². The quantitative estimate of drug-likeness (QED) is 0.572. The van der Waals surface area contributed by atoms with Gasteiger partial charge in [-0.25, -0.2) is 8.42 Å². The number of aliphatic carboxylic acids is 1. The maximum Gasteiger partial charge on any atom is 0.304 e. The molecule has 2 N–H and O–H groups in total. The summed E-state index contributed by atoms with van der Waals surface area (Å²) in [7, 11) is -3.79. The molecule has 0 bridgehead atoms. The van der Waals surface area contributed by atoms with E-state index in [-0.39, 0.29) is 10.7 Å². The average Bonchev–Trinajstić information content (AvgIpc) is 3.11. The molecule has 0 saturated carbocycles. The van der Waals surface area contributed by atoms with Gasteiger partial charge in [-0.1, -0.05) is 26.0 Å². The number of hydrogen-bond acceptors (Lipinski definition) is 5. The first-order valence-electron chi connectivity index (χ1n) is 9.77. The molecule has 0 amide bonds. The number of aromatic amines is 1. The van der Waals surface area contributed by atoms with Crippen LogP contribution >= 0.6 is 0 Å². The number of fused-ring (bicyclic) bond motifs is 4. The van der Waals surface area contributed by atoms with Crippen LogP contribution in [0.4, 0.5) is 0 Å². The van der Waals surface area contributed by atoms with Gasteiger partial charge in [-0.05, 0) is 42.1 Å². The number of hydrogen-bond donors (Lipinski definition) is 2. The van der Waals surface area contributed by atoms with Crippen LogP contribution in [0, 0.1) is 0 Å². The smallest absolute Gasteiger partial charge is 0.304 e. The second-order valence-corrected chi connectivity index (χ2v) is 10.4. The number of H-pyrrole nitrogens is 1. The van der Waals surface area contributed by atoms with E-state index in [4.69, 9.17) is 5.11 Å². The molecule has 160 valence electrons. The molecule has 7 nitrogen and oxygen atoms in total. The third kappa shape index (κ3) is 3.37. The highest BCUT2D eigenvalue weighted by Crippen LogP contribution is 2.44. The van der Waals surface area contributed by atoms with E-state index in [0.717, 1.165) is 22.2 Å². The van der Waals surface area contributed by atoms with E-state index in [2.05, 4.69) is 16.7 Å². The van der Waals surface area contributed by atoms with Crippen LogP contribution in [0.5, 0.6) is 0 Å². The Morgan fingerprint density at radius 3 is 2.61 bits per heavy atom. The summed E-state index contributed by atoms with van der Waals surface area (Å²) >= 11 is 0. The molecule has 1 aliphatic carbocycles. The Kier molecular flexibility index (Phi) is 4.85. The highest BCUT2D eigenvalue weighted by molar-refractivity contribution is 7.91. The third-order valence-electron chi connectivity index (χ3n) is 5.86. The lowest BCUT2D eigenvalue weighted by Crippen LogP contribution is -2.30. The van der Waals surface area contributed by atoms with Crippen molar-refractivity contribution in [3.63, 3.8) is 0 Å². The van der Waals surface area contributed by atoms with Crippen molar-refractivity contribution in [3.8, 4) is 0 Å². The average molecular weight is 439 g/mol. The fraction of sp³-hybridized carbons (Fsp3) is 0.261. The lowest BCUT2D eigenvalue weighted by molar-refractivity contribution is -0.136. The molecule has 1 aromatic heterocycles. The molecule has 4 rings (SSSR count). The van der Waals surface area contributed by atoms with Crippen LogP contribution in [-0.4, -0.2) is 42.7 Å². The molecule has 0 unspecified atom stereocenters. The first-order valence-corrected chi connectivity index (χ1v) is 11.4. The zero-order valence-electron chi connectivity index (χ0n) is 17.2. The molecule has 8 heteroatoms. The van der Waals surface area contributed by atoms with Crippen LogP contribution in [-0.2, 0) is 26.6 Å². The second kappa shape index (κ2) is 7.16. The fourth-order valence-electron chi connectivity index (χ4n) is 4.22. The number of carbonyl (C=O) groups is 2.